The van der Waals surface area contributed by atoms with E-state index >= 15 is 0 Å². The molecule has 2 bridgehead atoms. The fourth-order valence-corrected chi connectivity index (χ4v) is 4.59. The first-order chi connectivity index (χ1) is 14.3. The molecule has 148 valence electrons. The van der Waals surface area contributed by atoms with Crippen LogP contribution < -0.4 is 0 Å². The normalized spacial score (nSPS) is 21.9. The fourth-order valence-electron chi connectivity index (χ4n) is 4.59. The zero-order valence-corrected chi connectivity index (χ0v) is 16.2. The second-order valence-electron chi connectivity index (χ2n) is 8.02. The van der Waals surface area contributed by atoms with E-state index < -0.39 is 0 Å². The number of rotatable bonds is 4. The molecule has 1 amide bonds. The van der Waals surface area contributed by atoms with E-state index in [-0.39, 0.29) is 11.9 Å². The highest BCUT2D eigenvalue weighted by molar-refractivity contribution is 5.95. The van der Waals surface area contributed by atoms with Gasteiger partial charge in [0.2, 0.25) is 0 Å². The van der Waals surface area contributed by atoms with E-state index in [1.54, 1.807) is 0 Å². The second-order valence-corrected chi connectivity index (χ2v) is 8.02. The molecule has 0 saturated carbocycles. The van der Waals surface area contributed by atoms with Gasteiger partial charge in [-0.2, -0.15) is 5.10 Å². The van der Waals surface area contributed by atoms with Gasteiger partial charge in [0.1, 0.15) is 6.33 Å². The number of aromatic amines is 1. The minimum Gasteiger partial charge on any atom is -0.334 e. The maximum absolute atomic E-state index is 13.3. The van der Waals surface area contributed by atoms with E-state index in [9.17, 15) is 4.79 Å². The summed E-state index contributed by atoms with van der Waals surface area (Å²) in [5, 5.41) is 6.74. The molecule has 3 aromatic rings. The Balaban J connectivity index is 1.30. The van der Waals surface area contributed by atoms with Crippen LogP contribution in [0.3, 0.4) is 0 Å². The van der Waals surface area contributed by atoms with Gasteiger partial charge in [-0.25, -0.2) is 4.98 Å². The van der Waals surface area contributed by atoms with Gasteiger partial charge in [0, 0.05) is 55.7 Å². The summed E-state index contributed by atoms with van der Waals surface area (Å²) in [7, 11) is 0. The number of carbonyl (C=O) groups is 1. The second kappa shape index (κ2) is 7.75. The maximum atomic E-state index is 13.3. The minimum absolute atomic E-state index is 0.132. The first-order valence-electron chi connectivity index (χ1n) is 10.1. The van der Waals surface area contributed by atoms with Crippen LogP contribution in [0.4, 0.5) is 0 Å². The van der Waals surface area contributed by atoms with Gasteiger partial charge >= 0.3 is 0 Å². The van der Waals surface area contributed by atoms with Gasteiger partial charge in [0.05, 0.1) is 0 Å². The Morgan fingerprint density at radius 3 is 2.76 bits per heavy atom. The van der Waals surface area contributed by atoms with Crippen LogP contribution in [0.15, 0.2) is 55.1 Å². The molecule has 7 heteroatoms. The molecule has 2 aromatic heterocycles. The summed E-state index contributed by atoms with van der Waals surface area (Å²) in [5.41, 5.74) is 2.90. The van der Waals surface area contributed by atoms with Crippen LogP contribution >= 0.6 is 0 Å². The standard InChI is InChI=1S/C22H24N6O/c29-22(19-6-4-18(5-7-19)21-24-15-25-26-21)28-13-17-3-8-20(28)14-27(12-17)11-16-2-1-9-23-10-16/h1-2,4-7,9-10,15,17,20H,3,8,11-14H2,(H,24,25,26). The summed E-state index contributed by atoms with van der Waals surface area (Å²) in [5.74, 6) is 1.37. The third-order valence-electron chi connectivity index (χ3n) is 6.00. The molecular formula is C22H24N6O. The topological polar surface area (TPSA) is 78.0 Å². The number of nitrogens with one attached hydrogen (secondary N) is 1. The Labute approximate surface area is 169 Å². The van der Waals surface area contributed by atoms with Crippen LogP contribution in [0.5, 0.6) is 0 Å². The van der Waals surface area contributed by atoms with Gasteiger partial charge in [-0.1, -0.05) is 18.2 Å². The van der Waals surface area contributed by atoms with Crippen LogP contribution in [0.25, 0.3) is 11.4 Å². The van der Waals surface area contributed by atoms with Crippen LogP contribution in [-0.2, 0) is 6.54 Å². The average molecular weight is 388 g/mol. The van der Waals surface area contributed by atoms with Crippen molar-refractivity contribution < 1.29 is 4.79 Å². The average Bonchev–Trinajstić information content (AvgIpc) is 3.16. The van der Waals surface area contributed by atoms with Crippen LogP contribution in [-0.4, -0.2) is 61.5 Å². The molecule has 3 aliphatic rings. The molecule has 0 aliphatic carbocycles. The van der Waals surface area contributed by atoms with Crippen molar-refractivity contribution >= 4 is 5.91 Å². The van der Waals surface area contributed by atoms with Gasteiger partial charge in [0.25, 0.3) is 5.91 Å². The molecule has 1 N–H and O–H groups in total. The number of fused-ring (bicyclic) bond motifs is 4. The SMILES string of the molecule is O=C(c1ccc(-c2ncn[nH]2)cc1)N1CC2CCC1CN(Cc1cccnc1)C2. The quantitative estimate of drug-likeness (QED) is 0.743. The van der Waals surface area contributed by atoms with Crippen molar-refractivity contribution in [3.8, 4) is 11.4 Å². The number of carbonyl (C=O) groups excluding carboxylic acids is 1. The third-order valence-corrected chi connectivity index (χ3v) is 6.00. The third kappa shape index (κ3) is 3.78. The smallest absolute Gasteiger partial charge is 0.254 e. The first kappa shape index (κ1) is 18.0. The molecule has 0 spiro atoms. The van der Waals surface area contributed by atoms with Crippen LogP contribution in [0.2, 0.25) is 0 Å². The number of amides is 1. The molecule has 2 unspecified atom stereocenters. The molecule has 6 rings (SSSR count). The summed E-state index contributed by atoms with van der Waals surface area (Å²) in [4.78, 5) is 26.2. The molecule has 2 atom stereocenters. The van der Waals surface area contributed by atoms with Crippen molar-refractivity contribution in [1.29, 1.82) is 0 Å². The summed E-state index contributed by atoms with van der Waals surface area (Å²) < 4.78 is 0. The molecule has 0 radical (unpaired) electrons. The number of piperidine rings is 1. The Hall–Kier alpha value is -3.06. The van der Waals surface area contributed by atoms with Gasteiger partial charge in [-0.15, -0.1) is 0 Å². The number of hydrogen-bond donors (Lipinski definition) is 1. The van der Waals surface area contributed by atoms with Gasteiger partial charge in [0.15, 0.2) is 5.82 Å². The van der Waals surface area contributed by atoms with E-state index in [0.717, 1.165) is 43.7 Å². The lowest BCUT2D eigenvalue weighted by Crippen LogP contribution is -2.47. The first-order valence-corrected chi connectivity index (χ1v) is 10.1. The molecule has 3 aliphatic heterocycles. The number of pyridine rings is 1. The van der Waals surface area contributed by atoms with E-state index in [4.69, 9.17) is 0 Å². The highest BCUT2D eigenvalue weighted by Crippen LogP contribution is 2.30. The van der Waals surface area contributed by atoms with E-state index in [0.29, 0.717) is 11.7 Å². The predicted molar refractivity (Wildman–Crippen MR) is 109 cm³/mol. The lowest BCUT2D eigenvalue weighted by Gasteiger charge is -2.36. The van der Waals surface area contributed by atoms with Gasteiger partial charge in [-0.05, 0) is 42.5 Å². The zero-order valence-electron chi connectivity index (χ0n) is 16.2. The highest BCUT2D eigenvalue weighted by Gasteiger charge is 2.37. The summed E-state index contributed by atoms with van der Waals surface area (Å²) >= 11 is 0. The Kier molecular flexibility index (Phi) is 4.81. The number of nitrogens with zero attached hydrogens (tertiary/aromatic N) is 5. The minimum atomic E-state index is 0.132. The van der Waals surface area contributed by atoms with Crippen molar-refractivity contribution in [3.05, 3.63) is 66.2 Å². The van der Waals surface area contributed by atoms with E-state index in [2.05, 4.69) is 36.0 Å². The van der Waals surface area contributed by atoms with Crippen molar-refractivity contribution in [2.24, 2.45) is 5.92 Å². The zero-order chi connectivity index (χ0) is 19.6. The number of aromatic nitrogens is 4. The Morgan fingerprint density at radius 1 is 1.10 bits per heavy atom. The number of benzene rings is 1. The molecular weight excluding hydrogens is 364 g/mol. The van der Waals surface area contributed by atoms with Crippen LogP contribution in [0, 0.1) is 5.92 Å². The summed E-state index contributed by atoms with van der Waals surface area (Å²) in [6.07, 6.45) is 7.51. The van der Waals surface area contributed by atoms with Gasteiger partial charge < -0.3 is 4.90 Å². The lowest BCUT2D eigenvalue weighted by atomic mass is 9.94. The summed E-state index contributed by atoms with van der Waals surface area (Å²) in [6.45, 7) is 3.71. The van der Waals surface area contributed by atoms with Crippen molar-refractivity contribution in [2.75, 3.05) is 19.6 Å². The fraction of sp³-hybridized carbons (Fsp3) is 0.364. The lowest BCUT2D eigenvalue weighted by molar-refractivity contribution is 0.0585. The van der Waals surface area contributed by atoms with Crippen molar-refractivity contribution in [1.82, 2.24) is 30.0 Å². The molecule has 7 nitrogen and oxygen atoms in total. The van der Waals surface area contributed by atoms with Gasteiger partial charge in [-0.3, -0.25) is 19.8 Å². The molecule has 1 aromatic carbocycles. The molecule has 3 fully saturated rings. The molecule has 29 heavy (non-hydrogen) atoms. The molecule has 3 saturated heterocycles. The van der Waals surface area contributed by atoms with E-state index in [1.165, 1.54) is 18.3 Å². The highest BCUT2D eigenvalue weighted by atomic mass is 16.2. The molecule has 5 heterocycles. The van der Waals surface area contributed by atoms with Crippen molar-refractivity contribution in [3.63, 3.8) is 0 Å². The van der Waals surface area contributed by atoms with Crippen LogP contribution in [0.1, 0.15) is 28.8 Å². The summed E-state index contributed by atoms with van der Waals surface area (Å²) in [6, 6.07) is 12.0. The number of hydrogen-bond acceptors (Lipinski definition) is 5. The largest absolute Gasteiger partial charge is 0.334 e. The predicted octanol–water partition coefficient (Wildman–Crippen LogP) is 2.60. The maximum Gasteiger partial charge on any atom is 0.254 e. The Bertz CT molecular complexity index is 957. The van der Waals surface area contributed by atoms with Crippen molar-refractivity contribution in [2.45, 2.75) is 25.4 Å². The monoisotopic (exact) mass is 388 g/mol. The Morgan fingerprint density at radius 2 is 2.00 bits per heavy atom. The number of H-pyrrole nitrogens is 1. The van der Waals surface area contributed by atoms with E-state index in [1.807, 2.05) is 42.7 Å².